The molecule has 0 bridgehead atoms. The van der Waals surface area contributed by atoms with Crippen molar-refractivity contribution in [3.63, 3.8) is 0 Å². The van der Waals surface area contributed by atoms with Gasteiger partial charge in [-0.1, -0.05) is 11.6 Å². The second kappa shape index (κ2) is 11.0. The number of nitrogens with two attached hydrogens (primary N) is 1. The molecule has 0 spiro atoms. The topological polar surface area (TPSA) is 106 Å². The number of hydroxylamine groups is 3. The van der Waals surface area contributed by atoms with Crippen LogP contribution in [0.2, 0.25) is 5.02 Å². The number of nitrogens with one attached hydrogen (secondary N) is 1. The molecule has 1 aliphatic heterocycles. The minimum atomic E-state index is -0.450. The van der Waals surface area contributed by atoms with Gasteiger partial charge in [-0.2, -0.15) is 0 Å². The van der Waals surface area contributed by atoms with Gasteiger partial charge >= 0.3 is 0 Å². The number of benzene rings is 2. The third-order valence-electron chi connectivity index (χ3n) is 5.78. The van der Waals surface area contributed by atoms with E-state index in [1.165, 1.54) is 38.5 Å². The van der Waals surface area contributed by atoms with Crippen LogP contribution in [0.1, 0.15) is 23.2 Å². The fourth-order valence-electron chi connectivity index (χ4n) is 3.95. The molecule has 1 saturated heterocycles. The van der Waals surface area contributed by atoms with Crippen molar-refractivity contribution in [1.29, 1.82) is 0 Å². The highest BCUT2D eigenvalue weighted by Gasteiger charge is 2.37. The van der Waals surface area contributed by atoms with Crippen LogP contribution in [0, 0.1) is 11.0 Å². The molecule has 3 N–H and O–H groups in total. The summed E-state index contributed by atoms with van der Waals surface area (Å²) in [6.45, 7) is 1.24. The molecule has 0 radical (unpaired) electrons. The van der Waals surface area contributed by atoms with Gasteiger partial charge in [-0.15, -0.1) is 0 Å². The molecule has 2 aromatic carbocycles. The van der Waals surface area contributed by atoms with E-state index in [1.807, 2.05) is 0 Å². The fraction of sp³-hybridized carbons (Fsp3) is 0.435. The maximum Gasteiger partial charge on any atom is 0.255 e. The molecule has 0 saturated carbocycles. The van der Waals surface area contributed by atoms with Crippen LogP contribution in [0.25, 0.3) is 0 Å². The van der Waals surface area contributed by atoms with Gasteiger partial charge in [0.05, 0.1) is 49.1 Å². The number of likely N-dealkylation sites (tertiary alicyclic amines) is 1. The van der Waals surface area contributed by atoms with Crippen molar-refractivity contribution in [2.75, 3.05) is 46.2 Å². The molecule has 0 aliphatic carbocycles. The second-order valence-corrected chi connectivity index (χ2v) is 8.47. The van der Waals surface area contributed by atoms with Gasteiger partial charge in [0.2, 0.25) is 0 Å². The Morgan fingerprint density at radius 2 is 2.03 bits per heavy atom. The first-order valence-corrected chi connectivity index (χ1v) is 11.0. The minimum absolute atomic E-state index is 0.206. The van der Waals surface area contributed by atoms with Crippen LogP contribution in [0.5, 0.6) is 11.5 Å². The molecular weight excluding hydrogens is 453 g/mol. The van der Waals surface area contributed by atoms with E-state index in [0.29, 0.717) is 49.7 Å². The molecule has 1 fully saturated rings. The molecule has 180 valence electrons. The Kier molecular flexibility index (Phi) is 8.36. The smallest absolute Gasteiger partial charge is 0.255 e. The van der Waals surface area contributed by atoms with Gasteiger partial charge in [0.1, 0.15) is 30.0 Å². The molecule has 10 heteroatoms. The number of carbonyl (C=O) groups excluding carboxylic acids is 1. The maximum absolute atomic E-state index is 13.2. The average molecular weight is 482 g/mol. The van der Waals surface area contributed by atoms with E-state index >= 15 is 0 Å². The summed E-state index contributed by atoms with van der Waals surface area (Å²) in [5.41, 5.74) is 6.36. The number of halogens is 2. The Morgan fingerprint density at radius 3 is 2.70 bits per heavy atom. The molecule has 8 nitrogen and oxygen atoms in total. The Balaban J connectivity index is 1.54. The van der Waals surface area contributed by atoms with E-state index in [2.05, 4.69) is 5.32 Å². The standard InChI is InChI=1S/C23H29ClFN3O5/c1-31-21-13-19(26)18(24)12-17(21)23(29)27-20-8-10-28(30,14-22(20)32-2)9-3-11-33-16-6-4-15(25)5-7-16/h4-7,12-13,20,22H,3,8-11,14,26H2,1-2H3,(H,27,29)/t20-,22-,28?/m1/s1. The lowest BCUT2D eigenvalue weighted by Gasteiger charge is -2.50. The Hall–Kier alpha value is -2.59. The number of quaternary nitrogens is 1. The first-order chi connectivity index (χ1) is 15.7. The SMILES string of the molecule is COc1cc(N)c(Cl)cc1C(=O)N[C@@H]1CC[N+]([O-])(CCCOc2ccc(F)cc2)C[C@H]1OC. The van der Waals surface area contributed by atoms with E-state index in [0.717, 1.165) is 0 Å². The highest BCUT2D eigenvalue weighted by atomic mass is 35.5. The lowest BCUT2D eigenvalue weighted by atomic mass is 10.00. The summed E-state index contributed by atoms with van der Waals surface area (Å²) in [5, 5.41) is 16.4. The van der Waals surface area contributed by atoms with E-state index in [4.69, 9.17) is 31.5 Å². The molecule has 3 rings (SSSR count). The number of hydrogen-bond donors (Lipinski definition) is 2. The third kappa shape index (κ3) is 6.48. The van der Waals surface area contributed by atoms with Gasteiger partial charge in [-0.3, -0.25) is 4.79 Å². The van der Waals surface area contributed by atoms with Crippen molar-refractivity contribution in [3.05, 3.63) is 58.0 Å². The first-order valence-electron chi connectivity index (χ1n) is 10.7. The van der Waals surface area contributed by atoms with E-state index in [9.17, 15) is 14.4 Å². The molecular formula is C23H29ClFN3O5. The summed E-state index contributed by atoms with van der Waals surface area (Å²) in [5.74, 6) is 0.168. The second-order valence-electron chi connectivity index (χ2n) is 8.06. The molecule has 1 aliphatic rings. The number of carbonyl (C=O) groups is 1. The van der Waals surface area contributed by atoms with Crippen molar-refractivity contribution >= 4 is 23.2 Å². The lowest BCUT2D eigenvalue weighted by Crippen LogP contribution is -2.61. The van der Waals surface area contributed by atoms with Crippen molar-refractivity contribution in [2.45, 2.75) is 25.0 Å². The quantitative estimate of drug-likeness (QED) is 0.246. The van der Waals surface area contributed by atoms with Gasteiger partial charge in [0, 0.05) is 26.0 Å². The monoisotopic (exact) mass is 481 g/mol. The van der Waals surface area contributed by atoms with Gasteiger partial charge in [-0.05, 0) is 30.3 Å². The normalized spacial score (nSPS) is 22.6. The van der Waals surface area contributed by atoms with Crippen LogP contribution in [-0.2, 0) is 4.74 Å². The van der Waals surface area contributed by atoms with Crippen molar-refractivity contribution in [1.82, 2.24) is 5.32 Å². The Labute approximate surface area is 197 Å². The number of amides is 1. The Bertz CT molecular complexity index is 962. The lowest BCUT2D eigenvalue weighted by molar-refractivity contribution is -0.889. The van der Waals surface area contributed by atoms with Gasteiger partial charge in [-0.25, -0.2) is 4.39 Å². The van der Waals surface area contributed by atoms with Crippen LogP contribution in [0.3, 0.4) is 0 Å². The highest BCUT2D eigenvalue weighted by Crippen LogP contribution is 2.29. The summed E-state index contributed by atoms with van der Waals surface area (Å²) in [6, 6.07) is 8.38. The summed E-state index contributed by atoms with van der Waals surface area (Å²) in [4.78, 5) is 12.9. The van der Waals surface area contributed by atoms with Crippen LogP contribution >= 0.6 is 11.6 Å². The number of hydrogen-bond acceptors (Lipinski definition) is 6. The predicted octanol–water partition coefficient (Wildman–Crippen LogP) is 3.37. The summed E-state index contributed by atoms with van der Waals surface area (Å²) in [7, 11) is 2.97. The average Bonchev–Trinajstić information content (AvgIpc) is 2.80. The first kappa shape index (κ1) is 25.0. The summed E-state index contributed by atoms with van der Waals surface area (Å²) < 4.78 is 28.9. The number of anilines is 1. The molecule has 2 aromatic rings. The Morgan fingerprint density at radius 1 is 1.30 bits per heavy atom. The molecule has 33 heavy (non-hydrogen) atoms. The number of ether oxygens (including phenoxy) is 3. The van der Waals surface area contributed by atoms with Gasteiger partial charge in [0.15, 0.2) is 0 Å². The number of nitrogen functional groups attached to an aromatic ring is 1. The van der Waals surface area contributed by atoms with Crippen molar-refractivity contribution < 1.29 is 28.0 Å². The van der Waals surface area contributed by atoms with E-state index < -0.39 is 10.8 Å². The zero-order chi connectivity index (χ0) is 24.0. The van der Waals surface area contributed by atoms with Crippen molar-refractivity contribution in [3.8, 4) is 11.5 Å². The molecule has 3 atom stereocenters. The number of rotatable bonds is 9. The van der Waals surface area contributed by atoms with Gasteiger partial charge in [0.25, 0.3) is 5.91 Å². The van der Waals surface area contributed by atoms with Crippen LogP contribution in [-0.4, -0.2) is 63.2 Å². The highest BCUT2D eigenvalue weighted by molar-refractivity contribution is 6.33. The fourth-order valence-corrected chi connectivity index (χ4v) is 4.11. The zero-order valence-electron chi connectivity index (χ0n) is 18.7. The predicted molar refractivity (Wildman–Crippen MR) is 124 cm³/mol. The van der Waals surface area contributed by atoms with Gasteiger partial charge < -0.3 is 35.1 Å². The largest absolute Gasteiger partial charge is 0.633 e. The minimum Gasteiger partial charge on any atom is -0.633 e. The zero-order valence-corrected chi connectivity index (χ0v) is 19.4. The van der Waals surface area contributed by atoms with Crippen molar-refractivity contribution in [2.24, 2.45) is 0 Å². The molecule has 1 heterocycles. The molecule has 1 unspecified atom stereocenters. The van der Waals surface area contributed by atoms with E-state index in [1.54, 1.807) is 12.1 Å². The molecule has 0 aromatic heterocycles. The molecule has 1 amide bonds. The maximum atomic E-state index is 13.2. The van der Waals surface area contributed by atoms with Crippen LogP contribution in [0.4, 0.5) is 10.1 Å². The summed E-state index contributed by atoms with van der Waals surface area (Å²) in [6.07, 6.45) is 0.543. The number of methoxy groups -OCH3 is 2. The van der Waals surface area contributed by atoms with Crippen LogP contribution in [0.15, 0.2) is 36.4 Å². The summed E-state index contributed by atoms with van der Waals surface area (Å²) >= 11 is 6.07. The number of nitrogens with zero attached hydrogens (tertiary/aromatic N) is 1. The van der Waals surface area contributed by atoms with E-state index in [-0.39, 0.29) is 34.9 Å². The number of piperidine rings is 1. The van der Waals surface area contributed by atoms with Crippen LogP contribution < -0.4 is 20.5 Å². The third-order valence-corrected chi connectivity index (χ3v) is 6.11.